The molecule has 1 unspecified atom stereocenters. The molecule has 1 N–H and O–H groups in total. The first-order valence-electron chi connectivity index (χ1n) is 11.1. The maximum absolute atomic E-state index is 13.2. The van der Waals surface area contributed by atoms with Crippen LogP contribution >= 0.6 is 35.0 Å². The molecule has 178 valence electrons. The van der Waals surface area contributed by atoms with Crippen LogP contribution in [0.25, 0.3) is 0 Å². The minimum Gasteiger partial charge on any atom is -0.328 e. The van der Waals surface area contributed by atoms with Crippen LogP contribution in [0.2, 0.25) is 10.0 Å². The lowest BCUT2D eigenvalue weighted by Crippen LogP contribution is -2.32. The second kappa shape index (κ2) is 10.8. The summed E-state index contributed by atoms with van der Waals surface area (Å²) in [6.45, 7) is 5.30. The van der Waals surface area contributed by atoms with Crippen molar-refractivity contribution < 1.29 is 9.59 Å². The summed E-state index contributed by atoms with van der Waals surface area (Å²) in [5, 5.41) is 13.1. The average molecular weight is 518 g/mol. The highest BCUT2D eigenvalue weighted by Crippen LogP contribution is 2.34. The summed E-state index contributed by atoms with van der Waals surface area (Å²) in [6, 6.07) is 12.4. The van der Waals surface area contributed by atoms with E-state index in [1.807, 2.05) is 47.6 Å². The number of rotatable bonds is 7. The molecule has 1 aromatic heterocycles. The molecule has 0 radical (unpaired) electrons. The number of thioether (sulfide) groups is 1. The van der Waals surface area contributed by atoms with Crippen molar-refractivity contribution in [3.05, 3.63) is 69.5 Å². The van der Waals surface area contributed by atoms with Gasteiger partial charge in [-0.3, -0.25) is 9.59 Å². The predicted octanol–water partition coefficient (Wildman–Crippen LogP) is 5.62. The van der Waals surface area contributed by atoms with E-state index in [1.54, 1.807) is 18.2 Å². The summed E-state index contributed by atoms with van der Waals surface area (Å²) < 4.78 is 1.99. The van der Waals surface area contributed by atoms with E-state index in [0.717, 1.165) is 24.2 Å². The number of anilines is 1. The normalized spacial score (nSPS) is 15.5. The summed E-state index contributed by atoms with van der Waals surface area (Å²) in [4.78, 5) is 27.6. The number of nitrogens with zero attached hydrogens (tertiary/aromatic N) is 4. The van der Waals surface area contributed by atoms with Gasteiger partial charge in [0.05, 0.1) is 22.5 Å². The van der Waals surface area contributed by atoms with E-state index in [9.17, 15) is 9.59 Å². The van der Waals surface area contributed by atoms with Crippen LogP contribution in [0, 0.1) is 6.92 Å². The highest BCUT2D eigenvalue weighted by Gasteiger charge is 2.34. The summed E-state index contributed by atoms with van der Waals surface area (Å²) in [6.07, 6.45) is 1.74. The second-order valence-electron chi connectivity index (χ2n) is 8.07. The van der Waals surface area contributed by atoms with Gasteiger partial charge in [0.15, 0.2) is 11.0 Å². The van der Waals surface area contributed by atoms with E-state index >= 15 is 0 Å². The van der Waals surface area contributed by atoms with Crippen molar-refractivity contribution in [3.63, 3.8) is 0 Å². The van der Waals surface area contributed by atoms with Crippen molar-refractivity contribution in [2.75, 3.05) is 17.6 Å². The molecule has 0 bridgehead atoms. The Bertz CT molecular complexity index is 1220. The van der Waals surface area contributed by atoms with Crippen LogP contribution in [0.4, 0.5) is 5.69 Å². The lowest BCUT2D eigenvalue weighted by molar-refractivity contribution is -0.113. The lowest BCUT2D eigenvalue weighted by Gasteiger charge is -2.24. The number of aromatic nitrogens is 3. The van der Waals surface area contributed by atoms with Gasteiger partial charge in [-0.2, -0.15) is 0 Å². The topological polar surface area (TPSA) is 80.1 Å². The van der Waals surface area contributed by atoms with Crippen LogP contribution in [0.15, 0.2) is 47.6 Å². The van der Waals surface area contributed by atoms with Crippen LogP contribution in [0.3, 0.4) is 0 Å². The van der Waals surface area contributed by atoms with Crippen molar-refractivity contribution in [1.82, 2.24) is 19.7 Å². The van der Waals surface area contributed by atoms with Crippen molar-refractivity contribution in [3.8, 4) is 0 Å². The molecule has 34 heavy (non-hydrogen) atoms. The zero-order valence-electron chi connectivity index (χ0n) is 18.9. The maximum atomic E-state index is 13.2. The third kappa shape index (κ3) is 5.40. The molecule has 10 heteroatoms. The molecule has 2 amide bonds. The Morgan fingerprint density at radius 2 is 2.00 bits per heavy atom. The molecule has 2 heterocycles. The van der Waals surface area contributed by atoms with Gasteiger partial charge in [-0.1, -0.05) is 52.7 Å². The Morgan fingerprint density at radius 1 is 1.18 bits per heavy atom. The first-order chi connectivity index (χ1) is 16.4. The van der Waals surface area contributed by atoms with Gasteiger partial charge >= 0.3 is 0 Å². The van der Waals surface area contributed by atoms with Crippen molar-refractivity contribution >= 4 is 52.5 Å². The van der Waals surface area contributed by atoms with Gasteiger partial charge in [-0.15, -0.1) is 10.2 Å². The fraction of sp³-hybridized carbons (Fsp3) is 0.333. The predicted molar refractivity (Wildman–Crippen MR) is 136 cm³/mol. The minimum atomic E-state index is -0.210. The second-order valence-corrected chi connectivity index (χ2v) is 9.86. The lowest BCUT2D eigenvalue weighted by atomic mass is 10.1. The van der Waals surface area contributed by atoms with Gasteiger partial charge in [0.1, 0.15) is 0 Å². The van der Waals surface area contributed by atoms with Crippen molar-refractivity contribution in [1.29, 1.82) is 0 Å². The third-order valence-electron chi connectivity index (χ3n) is 5.68. The molecule has 1 aliphatic heterocycles. The number of nitrogens with one attached hydrogen (secondary N) is 1. The van der Waals surface area contributed by atoms with Crippen LogP contribution in [-0.4, -0.2) is 43.8 Å². The van der Waals surface area contributed by atoms with Crippen molar-refractivity contribution in [2.24, 2.45) is 0 Å². The molecule has 1 fully saturated rings. The van der Waals surface area contributed by atoms with E-state index in [1.165, 1.54) is 11.8 Å². The number of hydrogen-bond donors (Lipinski definition) is 1. The van der Waals surface area contributed by atoms with E-state index in [2.05, 4.69) is 15.5 Å². The molecule has 3 aromatic rings. The summed E-state index contributed by atoms with van der Waals surface area (Å²) >= 11 is 13.4. The number of hydrogen-bond acceptors (Lipinski definition) is 5. The fourth-order valence-corrected chi connectivity index (χ4v) is 5.35. The molecule has 1 saturated heterocycles. The third-order valence-corrected chi connectivity index (χ3v) is 7.19. The zero-order chi connectivity index (χ0) is 24.2. The molecule has 7 nitrogen and oxygen atoms in total. The molecule has 4 rings (SSSR count). The minimum absolute atomic E-state index is 0.00489. The molecule has 0 aliphatic carbocycles. The molecule has 0 saturated carbocycles. The number of likely N-dealkylation sites (tertiary alicyclic amines) is 1. The average Bonchev–Trinajstić information content (AvgIpc) is 3.45. The van der Waals surface area contributed by atoms with Gasteiger partial charge < -0.3 is 14.8 Å². The van der Waals surface area contributed by atoms with Crippen LogP contribution < -0.4 is 5.32 Å². The van der Waals surface area contributed by atoms with Gasteiger partial charge in [-0.25, -0.2) is 0 Å². The van der Waals surface area contributed by atoms with E-state index in [-0.39, 0.29) is 23.6 Å². The molecule has 1 aliphatic rings. The SMILES string of the molecule is CCn1c(SCC(=O)Nc2ccc(Cl)cc2Cl)nnc1C1CCCN1C(=O)c1cccc(C)c1. The smallest absolute Gasteiger partial charge is 0.254 e. The molecular formula is C24H25Cl2N5O2S. The number of aryl methyl sites for hydroxylation is 1. The summed E-state index contributed by atoms with van der Waals surface area (Å²) in [7, 11) is 0. The number of benzene rings is 2. The monoisotopic (exact) mass is 517 g/mol. The van der Waals surface area contributed by atoms with Gasteiger partial charge in [0.25, 0.3) is 5.91 Å². The van der Waals surface area contributed by atoms with Gasteiger partial charge in [0, 0.05) is 23.7 Å². The maximum Gasteiger partial charge on any atom is 0.254 e. The fourth-order valence-electron chi connectivity index (χ4n) is 4.08. The van der Waals surface area contributed by atoms with Gasteiger partial charge in [0.2, 0.25) is 5.91 Å². The van der Waals surface area contributed by atoms with E-state index in [4.69, 9.17) is 23.2 Å². The Hall–Kier alpha value is -2.55. The van der Waals surface area contributed by atoms with Crippen LogP contribution in [0.5, 0.6) is 0 Å². The Labute approximate surface area is 212 Å². The number of amides is 2. The molecule has 2 aromatic carbocycles. The zero-order valence-corrected chi connectivity index (χ0v) is 21.3. The number of carbonyl (C=O) groups is 2. The standard InChI is InChI=1S/C24H25Cl2N5O2S/c1-3-30-22(20-8-5-11-31(20)23(33)16-7-4-6-15(2)12-16)28-29-24(30)34-14-21(32)27-19-10-9-17(25)13-18(19)26/h4,6-7,9-10,12-13,20H,3,5,8,11,14H2,1-2H3,(H,27,32). The largest absolute Gasteiger partial charge is 0.328 e. The van der Waals surface area contributed by atoms with Crippen molar-refractivity contribution in [2.45, 2.75) is 44.4 Å². The molecule has 1 atom stereocenters. The highest BCUT2D eigenvalue weighted by molar-refractivity contribution is 7.99. The van der Waals surface area contributed by atoms with Crippen LogP contribution in [0.1, 0.15) is 47.6 Å². The Morgan fingerprint density at radius 3 is 2.74 bits per heavy atom. The Balaban J connectivity index is 1.46. The summed E-state index contributed by atoms with van der Waals surface area (Å²) in [5.41, 5.74) is 2.24. The summed E-state index contributed by atoms with van der Waals surface area (Å²) in [5.74, 6) is 0.696. The Kier molecular flexibility index (Phi) is 7.80. The molecular weight excluding hydrogens is 493 g/mol. The van der Waals surface area contributed by atoms with E-state index < -0.39 is 0 Å². The highest BCUT2D eigenvalue weighted by atomic mass is 35.5. The quantitative estimate of drug-likeness (QED) is 0.411. The van der Waals surface area contributed by atoms with Crippen LogP contribution in [-0.2, 0) is 11.3 Å². The molecule has 0 spiro atoms. The van der Waals surface area contributed by atoms with E-state index in [0.29, 0.717) is 39.5 Å². The number of halogens is 2. The number of carbonyl (C=O) groups excluding carboxylic acids is 2. The first kappa shape index (κ1) is 24.6. The first-order valence-corrected chi connectivity index (χ1v) is 12.8. The van der Waals surface area contributed by atoms with Gasteiger partial charge in [-0.05, 0) is 57.0 Å².